The molecule has 1 fully saturated rings. The molecule has 0 radical (unpaired) electrons. The number of carboxylic acid groups (broad SMARTS) is 1. The third-order valence-electron chi connectivity index (χ3n) is 6.66. The maximum Gasteiger partial charge on any atom is 0.407 e. The van der Waals surface area contributed by atoms with E-state index < -0.39 is 12.2 Å². The smallest absolute Gasteiger partial charge is 0.407 e. The predicted octanol–water partition coefficient (Wildman–Crippen LogP) is 5.41. The molecular weight excluding hydrogens is 440 g/mol. The second-order valence-electron chi connectivity index (χ2n) is 9.04. The first kappa shape index (κ1) is 24.5. The van der Waals surface area contributed by atoms with Crippen molar-refractivity contribution in [2.24, 2.45) is 0 Å². The van der Waals surface area contributed by atoms with Gasteiger partial charge in [-0.2, -0.15) is 0 Å². The molecule has 3 aromatic carbocycles. The van der Waals surface area contributed by atoms with Crippen molar-refractivity contribution in [1.29, 1.82) is 0 Å². The molecule has 4 rings (SSSR count). The number of nitrogens with zero attached hydrogens (tertiary/aromatic N) is 2. The highest BCUT2D eigenvalue weighted by Crippen LogP contribution is 2.30. The van der Waals surface area contributed by atoms with Gasteiger partial charge in [0.2, 0.25) is 0 Å². The minimum atomic E-state index is -1.04. The molecule has 0 saturated carbocycles. The molecule has 6 nitrogen and oxygen atoms in total. The van der Waals surface area contributed by atoms with Gasteiger partial charge in [-0.1, -0.05) is 60.7 Å². The van der Waals surface area contributed by atoms with Crippen molar-refractivity contribution >= 4 is 18.1 Å². The lowest BCUT2D eigenvalue weighted by Gasteiger charge is -2.30. The number of hydrogen-bond donors (Lipinski definition) is 2. The highest BCUT2D eigenvalue weighted by Gasteiger charge is 2.18. The van der Waals surface area contributed by atoms with E-state index in [4.69, 9.17) is 0 Å². The molecule has 0 unspecified atom stereocenters. The lowest BCUT2D eigenvalue weighted by molar-refractivity contribution is 0.0973. The van der Waals surface area contributed by atoms with Crippen LogP contribution in [0.25, 0.3) is 11.1 Å². The predicted molar refractivity (Wildman–Crippen MR) is 138 cm³/mol. The van der Waals surface area contributed by atoms with Crippen molar-refractivity contribution in [2.45, 2.75) is 31.8 Å². The molecule has 2 N–H and O–H groups in total. The maximum atomic E-state index is 11.7. The summed E-state index contributed by atoms with van der Waals surface area (Å²) in [6, 6.07) is 23.2. The quantitative estimate of drug-likeness (QED) is 0.407. The normalized spacial score (nSPS) is 14.4. The van der Waals surface area contributed by atoms with E-state index in [0.717, 1.165) is 60.2 Å². The molecule has 35 heavy (non-hydrogen) atoms. The van der Waals surface area contributed by atoms with Gasteiger partial charge in [-0.25, -0.2) is 4.79 Å². The summed E-state index contributed by atoms with van der Waals surface area (Å²) in [5.41, 5.74) is 5.55. The Morgan fingerprint density at radius 3 is 2.29 bits per heavy atom. The van der Waals surface area contributed by atoms with Crippen LogP contribution >= 0.6 is 0 Å². The lowest BCUT2D eigenvalue weighted by Crippen LogP contribution is -2.35. The number of piperidine rings is 1. The largest absolute Gasteiger partial charge is 0.465 e. The van der Waals surface area contributed by atoms with Crippen LogP contribution in [0.2, 0.25) is 0 Å². The van der Waals surface area contributed by atoms with Crippen molar-refractivity contribution in [3.8, 4) is 11.1 Å². The Morgan fingerprint density at radius 1 is 0.943 bits per heavy atom. The monoisotopic (exact) mass is 472 g/mol. The Morgan fingerprint density at radius 2 is 1.63 bits per heavy atom. The van der Waals surface area contributed by atoms with Gasteiger partial charge in [-0.05, 0) is 60.1 Å². The van der Waals surface area contributed by atoms with Gasteiger partial charge >= 0.3 is 6.09 Å². The highest BCUT2D eigenvalue weighted by atomic mass is 16.4. The number of aliphatic hydroxyl groups is 1. The minimum Gasteiger partial charge on any atom is -0.465 e. The van der Waals surface area contributed by atoms with E-state index in [1.165, 1.54) is 11.3 Å². The summed E-state index contributed by atoms with van der Waals surface area (Å²) in [5.74, 6) is 0. The molecule has 3 aromatic rings. The summed E-state index contributed by atoms with van der Waals surface area (Å²) in [4.78, 5) is 26.9. The fourth-order valence-electron chi connectivity index (χ4n) is 4.61. The standard InChI is InChI=1S/C29H32N2O4/c32-21-26-14-13-25(19-27(26)30-16-5-2-6-17-30)23-11-9-22(10-12-23)15-18-31(29(34)35)20-28(33)24-7-3-1-4-8-24/h1,3-4,7-14,19,21,28,33H,2,5-6,15-18,20H2,(H,34,35)/t28-/m1/s1. The molecule has 1 heterocycles. The number of aldehydes is 1. The van der Waals surface area contributed by atoms with Gasteiger partial charge in [0.05, 0.1) is 12.6 Å². The van der Waals surface area contributed by atoms with Gasteiger partial charge in [0.15, 0.2) is 6.29 Å². The molecule has 0 aliphatic carbocycles. The number of amides is 1. The third kappa shape index (κ3) is 6.28. The van der Waals surface area contributed by atoms with E-state index in [-0.39, 0.29) is 6.54 Å². The van der Waals surface area contributed by atoms with Crippen LogP contribution < -0.4 is 4.90 Å². The topological polar surface area (TPSA) is 81.1 Å². The number of benzene rings is 3. The number of rotatable bonds is 9. The minimum absolute atomic E-state index is 0.0276. The summed E-state index contributed by atoms with van der Waals surface area (Å²) >= 11 is 0. The summed E-state index contributed by atoms with van der Waals surface area (Å²) in [7, 11) is 0. The zero-order valence-corrected chi connectivity index (χ0v) is 19.8. The molecule has 1 atom stereocenters. The number of aliphatic hydroxyl groups excluding tert-OH is 1. The van der Waals surface area contributed by atoms with Gasteiger partial charge in [-0.15, -0.1) is 0 Å². The van der Waals surface area contributed by atoms with Gasteiger partial charge < -0.3 is 20.0 Å². The fourth-order valence-corrected chi connectivity index (χ4v) is 4.61. The summed E-state index contributed by atoms with van der Waals surface area (Å²) < 4.78 is 0. The zero-order chi connectivity index (χ0) is 24.6. The van der Waals surface area contributed by atoms with Crippen molar-refractivity contribution in [1.82, 2.24) is 4.90 Å². The van der Waals surface area contributed by atoms with Crippen LogP contribution in [0.1, 0.15) is 46.9 Å². The number of carbonyl (C=O) groups excluding carboxylic acids is 1. The third-order valence-corrected chi connectivity index (χ3v) is 6.66. The Hall–Kier alpha value is -3.64. The van der Waals surface area contributed by atoms with Gasteiger partial charge in [0.1, 0.15) is 0 Å². The van der Waals surface area contributed by atoms with Crippen molar-refractivity contribution in [3.05, 3.63) is 89.5 Å². The molecule has 1 saturated heterocycles. The van der Waals surface area contributed by atoms with E-state index in [1.807, 2.05) is 54.6 Å². The van der Waals surface area contributed by atoms with Gasteiger partial charge in [-0.3, -0.25) is 4.79 Å². The van der Waals surface area contributed by atoms with E-state index in [1.54, 1.807) is 12.1 Å². The summed E-state index contributed by atoms with van der Waals surface area (Å²) in [5, 5.41) is 20.0. The van der Waals surface area contributed by atoms with Crippen LogP contribution in [0.5, 0.6) is 0 Å². The van der Waals surface area contributed by atoms with Crippen LogP contribution in [-0.4, -0.2) is 53.7 Å². The van der Waals surface area contributed by atoms with Crippen molar-refractivity contribution < 1.29 is 19.8 Å². The first-order valence-electron chi connectivity index (χ1n) is 12.2. The van der Waals surface area contributed by atoms with E-state index in [2.05, 4.69) is 11.0 Å². The zero-order valence-electron chi connectivity index (χ0n) is 19.8. The molecule has 0 aromatic heterocycles. The second kappa shape index (κ2) is 11.7. The molecular formula is C29H32N2O4. The van der Waals surface area contributed by atoms with Gasteiger partial charge in [0.25, 0.3) is 0 Å². The lowest BCUT2D eigenvalue weighted by atomic mass is 9.99. The molecule has 0 bridgehead atoms. The average Bonchev–Trinajstić information content (AvgIpc) is 2.91. The Labute approximate surface area is 206 Å². The Balaban J connectivity index is 1.42. The van der Waals surface area contributed by atoms with Crippen LogP contribution in [0.3, 0.4) is 0 Å². The van der Waals surface area contributed by atoms with Crippen molar-refractivity contribution in [3.63, 3.8) is 0 Å². The molecule has 6 heteroatoms. The van der Waals surface area contributed by atoms with E-state index in [0.29, 0.717) is 18.5 Å². The maximum absolute atomic E-state index is 11.7. The van der Waals surface area contributed by atoms with Crippen LogP contribution in [0, 0.1) is 0 Å². The second-order valence-corrected chi connectivity index (χ2v) is 9.04. The molecule has 1 aliphatic heterocycles. The number of anilines is 1. The van der Waals surface area contributed by atoms with E-state index >= 15 is 0 Å². The SMILES string of the molecule is O=Cc1ccc(-c2ccc(CCN(C[C@@H](O)c3ccccc3)C(=O)O)cc2)cc1N1CCCCC1. The fraction of sp³-hybridized carbons (Fsp3) is 0.310. The van der Waals surface area contributed by atoms with Crippen LogP contribution in [0.4, 0.5) is 10.5 Å². The highest BCUT2D eigenvalue weighted by molar-refractivity contribution is 5.87. The Bertz CT molecular complexity index is 1130. The molecule has 1 aliphatic rings. The number of hydrogen-bond acceptors (Lipinski definition) is 4. The van der Waals surface area contributed by atoms with Crippen molar-refractivity contribution in [2.75, 3.05) is 31.1 Å². The van der Waals surface area contributed by atoms with Crippen LogP contribution in [0.15, 0.2) is 72.8 Å². The van der Waals surface area contributed by atoms with Crippen LogP contribution in [-0.2, 0) is 6.42 Å². The first-order chi connectivity index (χ1) is 17.0. The average molecular weight is 473 g/mol. The number of carbonyl (C=O) groups is 2. The summed E-state index contributed by atoms with van der Waals surface area (Å²) in [6.07, 6.45) is 3.10. The van der Waals surface area contributed by atoms with Gasteiger partial charge in [0, 0.05) is 30.9 Å². The van der Waals surface area contributed by atoms with E-state index in [9.17, 15) is 19.8 Å². The molecule has 1 amide bonds. The molecule has 0 spiro atoms. The summed E-state index contributed by atoms with van der Waals surface area (Å²) in [6.45, 7) is 2.27. The Kier molecular flexibility index (Phi) is 8.16. The molecule has 182 valence electrons. The first-order valence-corrected chi connectivity index (χ1v) is 12.2.